The molecule has 3 N–H and O–H groups in total. The number of nitrogen functional groups attached to an aromatic ring is 1. The van der Waals surface area contributed by atoms with Gasteiger partial charge < -0.3 is 10.8 Å². The van der Waals surface area contributed by atoms with Gasteiger partial charge in [0.15, 0.2) is 0 Å². The van der Waals surface area contributed by atoms with E-state index in [4.69, 9.17) is 5.73 Å². The Morgan fingerprint density at radius 1 is 0.583 bits per heavy atom. The molecule has 0 aliphatic heterocycles. The van der Waals surface area contributed by atoms with Crippen LogP contribution in [0.3, 0.4) is 0 Å². The van der Waals surface area contributed by atoms with Gasteiger partial charge in [-0.3, -0.25) is 0 Å². The van der Waals surface area contributed by atoms with Gasteiger partial charge in [0.25, 0.3) is 0 Å². The van der Waals surface area contributed by atoms with Crippen LogP contribution in [0.5, 0.6) is 5.75 Å². The van der Waals surface area contributed by atoms with E-state index in [9.17, 15) is 5.11 Å². The van der Waals surface area contributed by atoms with E-state index < -0.39 is 0 Å². The van der Waals surface area contributed by atoms with Gasteiger partial charge in [0.2, 0.25) is 0 Å². The van der Waals surface area contributed by atoms with E-state index in [1.54, 1.807) is 12.1 Å². The van der Waals surface area contributed by atoms with Gasteiger partial charge in [-0.1, -0.05) is 54.6 Å². The standard InChI is InChI=1S/C22H15NO/c23-20-12-6-15-2-1-14-5-9-17(13-3-7-16(24)8-4-13)18-10-11-19(20)22(15)21(14)18/h1-12,24H,23H2. The van der Waals surface area contributed by atoms with Gasteiger partial charge in [-0.2, -0.15) is 0 Å². The highest BCUT2D eigenvalue weighted by Gasteiger charge is 2.13. The van der Waals surface area contributed by atoms with Crippen LogP contribution in [-0.4, -0.2) is 5.11 Å². The zero-order valence-electron chi connectivity index (χ0n) is 13.0. The smallest absolute Gasteiger partial charge is 0.115 e. The number of hydrogen-bond donors (Lipinski definition) is 2. The van der Waals surface area contributed by atoms with Gasteiger partial charge in [-0.25, -0.2) is 0 Å². The van der Waals surface area contributed by atoms with Gasteiger partial charge in [-0.15, -0.1) is 0 Å². The number of rotatable bonds is 1. The first-order chi connectivity index (χ1) is 11.7. The SMILES string of the molecule is Nc1ccc2ccc3ccc(-c4ccc(O)cc4)c4ccc1c2c34. The largest absolute Gasteiger partial charge is 0.508 e. The maximum atomic E-state index is 9.56. The number of anilines is 1. The Balaban J connectivity index is 1.97. The second-order valence-electron chi connectivity index (χ2n) is 6.24. The molecule has 0 bridgehead atoms. The minimum absolute atomic E-state index is 0.282. The van der Waals surface area contributed by atoms with Crippen molar-refractivity contribution in [2.75, 3.05) is 5.73 Å². The highest BCUT2D eigenvalue weighted by atomic mass is 16.3. The lowest BCUT2D eigenvalue weighted by Gasteiger charge is -2.15. The molecule has 0 fully saturated rings. The van der Waals surface area contributed by atoms with Crippen molar-refractivity contribution >= 4 is 38.0 Å². The van der Waals surface area contributed by atoms with Crippen LogP contribution in [0, 0.1) is 0 Å². The maximum absolute atomic E-state index is 9.56. The molecule has 0 saturated heterocycles. The molecular formula is C22H15NO. The molecule has 0 spiro atoms. The summed E-state index contributed by atoms with van der Waals surface area (Å²) in [4.78, 5) is 0. The molecule has 0 aliphatic carbocycles. The van der Waals surface area contributed by atoms with Crippen LogP contribution >= 0.6 is 0 Å². The van der Waals surface area contributed by atoms with Gasteiger partial charge >= 0.3 is 0 Å². The van der Waals surface area contributed by atoms with Gasteiger partial charge in [0, 0.05) is 11.1 Å². The molecule has 0 radical (unpaired) electrons. The van der Waals surface area contributed by atoms with Crippen LogP contribution in [0.25, 0.3) is 43.4 Å². The second-order valence-corrected chi connectivity index (χ2v) is 6.24. The average Bonchev–Trinajstić information content (AvgIpc) is 2.62. The monoisotopic (exact) mass is 309 g/mol. The number of benzene rings is 5. The molecule has 2 nitrogen and oxygen atoms in total. The molecule has 24 heavy (non-hydrogen) atoms. The Morgan fingerprint density at radius 3 is 1.92 bits per heavy atom. The Bertz CT molecular complexity index is 1210. The molecule has 5 rings (SSSR count). The normalized spacial score (nSPS) is 11.7. The average molecular weight is 309 g/mol. The number of aromatic hydroxyl groups is 1. The van der Waals surface area contributed by atoms with Crippen LogP contribution in [0.15, 0.2) is 72.8 Å². The Kier molecular flexibility index (Phi) is 2.54. The minimum atomic E-state index is 0.282. The van der Waals surface area contributed by atoms with E-state index in [2.05, 4.69) is 42.5 Å². The summed E-state index contributed by atoms with van der Waals surface area (Å²) in [7, 11) is 0. The first kappa shape index (κ1) is 13.2. The van der Waals surface area contributed by atoms with Gasteiger partial charge in [0.05, 0.1) is 0 Å². The third-order valence-electron chi connectivity index (χ3n) is 4.88. The van der Waals surface area contributed by atoms with E-state index in [1.165, 1.54) is 32.5 Å². The van der Waals surface area contributed by atoms with Crippen molar-refractivity contribution in [1.82, 2.24) is 0 Å². The Hall–Kier alpha value is -3.26. The summed E-state index contributed by atoms with van der Waals surface area (Å²) in [6.45, 7) is 0. The van der Waals surface area contributed by atoms with Crippen LogP contribution in [0.2, 0.25) is 0 Å². The van der Waals surface area contributed by atoms with Gasteiger partial charge in [-0.05, 0) is 56.3 Å². The third-order valence-corrected chi connectivity index (χ3v) is 4.88. The maximum Gasteiger partial charge on any atom is 0.115 e. The first-order valence-electron chi connectivity index (χ1n) is 7.98. The lowest BCUT2D eigenvalue weighted by Crippen LogP contribution is -1.91. The van der Waals surface area contributed by atoms with Crippen molar-refractivity contribution in [1.29, 1.82) is 0 Å². The molecule has 0 aromatic heterocycles. The topological polar surface area (TPSA) is 46.2 Å². The fraction of sp³-hybridized carbons (Fsp3) is 0. The van der Waals surface area contributed by atoms with Crippen LogP contribution < -0.4 is 5.73 Å². The lowest BCUT2D eigenvalue weighted by molar-refractivity contribution is 0.475. The minimum Gasteiger partial charge on any atom is -0.508 e. The quantitative estimate of drug-likeness (QED) is 0.315. The predicted octanol–water partition coefficient (Wildman–Crippen LogP) is 5.54. The Labute approximate surface area is 139 Å². The van der Waals surface area contributed by atoms with E-state index in [0.717, 1.165) is 16.6 Å². The van der Waals surface area contributed by atoms with E-state index in [-0.39, 0.29) is 5.75 Å². The zero-order valence-corrected chi connectivity index (χ0v) is 13.0. The van der Waals surface area contributed by atoms with Crippen molar-refractivity contribution < 1.29 is 5.11 Å². The van der Waals surface area contributed by atoms with E-state index in [0.29, 0.717) is 0 Å². The summed E-state index contributed by atoms with van der Waals surface area (Å²) in [5.74, 6) is 0.282. The molecule has 2 heteroatoms. The van der Waals surface area contributed by atoms with Crippen LogP contribution in [-0.2, 0) is 0 Å². The number of hydrogen-bond acceptors (Lipinski definition) is 2. The number of phenolic OH excluding ortho intramolecular Hbond substituents is 1. The van der Waals surface area contributed by atoms with Crippen molar-refractivity contribution in [3.8, 4) is 16.9 Å². The number of nitrogens with two attached hydrogens (primary N) is 1. The molecule has 0 atom stereocenters. The molecule has 114 valence electrons. The predicted molar refractivity (Wildman–Crippen MR) is 102 cm³/mol. The summed E-state index contributed by atoms with van der Waals surface area (Å²) in [6.07, 6.45) is 0. The molecule has 0 aliphatic rings. The molecule has 0 amide bonds. The fourth-order valence-electron chi connectivity index (χ4n) is 3.72. The van der Waals surface area contributed by atoms with Crippen molar-refractivity contribution in [2.45, 2.75) is 0 Å². The van der Waals surface area contributed by atoms with Crippen LogP contribution in [0.1, 0.15) is 0 Å². The van der Waals surface area contributed by atoms with Gasteiger partial charge in [0.1, 0.15) is 5.75 Å². The van der Waals surface area contributed by atoms with E-state index in [1.807, 2.05) is 18.2 Å². The summed E-state index contributed by atoms with van der Waals surface area (Å²) < 4.78 is 0. The van der Waals surface area contributed by atoms with Crippen molar-refractivity contribution in [3.63, 3.8) is 0 Å². The zero-order chi connectivity index (χ0) is 16.3. The highest BCUT2D eigenvalue weighted by Crippen LogP contribution is 2.40. The molecule has 0 heterocycles. The summed E-state index contributed by atoms with van der Waals surface area (Å²) in [6, 6.07) is 24.3. The lowest BCUT2D eigenvalue weighted by atomic mass is 9.89. The second kappa shape index (κ2) is 4.62. The van der Waals surface area contributed by atoms with Crippen LogP contribution in [0.4, 0.5) is 5.69 Å². The summed E-state index contributed by atoms with van der Waals surface area (Å²) in [5.41, 5.74) is 9.28. The Morgan fingerprint density at radius 2 is 1.17 bits per heavy atom. The third kappa shape index (κ3) is 1.71. The first-order valence-corrected chi connectivity index (χ1v) is 7.98. The number of phenols is 1. The molecule has 5 aromatic rings. The summed E-state index contributed by atoms with van der Waals surface area (Å²) >= 11 is 0. The van der Waals surface area contributed by atoms with Crippen molar-refractivity contribution in [2.24, 2.45) is 0 Å². The molecule has 0 unspecified atom stereocenters. The van der Waals surface area contributed by atoms with Crippen molar-refractivity contribution in [3.05, 3.63) is 72.8 Å². The molecule has 5 aromatic carbocycles. The molecule has 0 saturated carbocycles. The molecular weight excluding hydrogens is 294 g/mol. The van der Waals surface area contributed by atoms with E-state index >= 15 is 0 Å². The highest BCUT2D eigenvalue weighted by molar-refractivity contribution is 6.27. The fourth-order valence-corrected chi connectivity index (χ4v) is 3.72. The summed E-state index contributed by atoms with van der Waals surface area (Å²) in [5, 5.41) is 16.8.